The minimum Gasteiger partial charge on any atom is -0.460 e. The number of nitrogens with one attached hydrogen (secondary N) is 2. The standard InChI is InChI=1S/C15H28N2O5/c1-15(2,3)22-14(20)7-10-21-11-9-17-13(19)6-4-5-8-16-12-18/h12H,4-11H2,1-3H3,(H,16,18)(H,17,19). The molecule has 0 radical (unpaired) electrons. The lowest BCUT2D eigenvalue weighted by molar-refractivity contribution is -0.156. The largest absolute Gasteiger partial charge is 0.460 e. The summed E-state index contributed by atoms with van der Waals surface area (Å²) < 4.78 is 10.4. The first-order valence-electron chi connectivity index (χ1n) is 7.58. The summed E-state index contributed by atoms with van der Waals surface area (Å²) in [4.78, 5) is 32.8. The summed E-state index contributed by atoms with van der Waals surface area (Å²) in [5.74, 6) is -0.331. The van der Waals surface area contributed by atoms with Gasteiger partial charge in [0.1, 0.15) is 5.60 Å². The zero-order valence-corrected chi connectivity index (χ0v) is 13.8. The van der Waals surface area contributed by atoms with Gasteiger partial charge in [-0.2, -0.15) is 0 Å². The van der Waals surface area contributed by atoms with Crippen LogP contribution in [0.2, 0.25) is 0 Å². The number of carbonyl (C=O) groups is 3. The van der Waals surface area contributed by atoms with Crippen molar-refractivity contribution >= 4 is 18.3 Å². The van der Waals surface area contributed by atoms with Crippen LogP contribution >= 0.6 is 0 Å². The van der Waals surface area contributed by atoms with E-state index in [9.17, 15) is 14.4 Å². The summed E-state index contributed by atoms with van der Waals surface area (Å²) in [6, 6.07) is 0. The molecule has 22 heavy (non-hydrogen) atoms. The van der Waals surface area contributed by atoms with Crippen molar-refractivity contribution in [3.8, 4) is 0 Å². The van der Waals surface area contributed by atoms with Crippen LogP contribution in [0, 0.1) is 0 Å². The molecule has 0 rings (SSSR count). The summed E-state index contributed by atoms with van der Waals surface area (Å²) in [7, 11) is 0. The molecule has 0 unspecified atom stereocenters. The fraction of sp³-hybridized carbons (Fsp3) is 0.800. The van der Waals surface area contributed by atoms with Crippen molar-refractivity contribution in [2.24, 2.45) is 0 Å². The third-order valence-corrected chi connectivity index (χ3v) is 2.50. The van der Waals surface area contributed by atoms with Gasteiger partial charge in [0.15, 0.2) is 0 Å². The highest BCUT2D eigenvalue weighted by atomic mass is 16.6. The summed E-state index contributed by atoms with van der Waals surface area (Å²) in [6.45, 7) is 7.09. The zero-order chi connectivity index (χ0) is 16.8. The molecule has 2 N–H and O–H groups in total. The van der Waals surface area contributed by atoms with Crippen LogP contribution in [0.25, 0.3) is 0 Å². The lowest BCUT2D eigenvalue weighted by Gasteiger charge is -2.19. The Labute approximate surface area is 132 Å². The molecule has 7 heteroatoms. The predicted octanol–water partition coefficient (Wildman–Crippen LogP) is 0.767. The molecular weight excluding hydrogens is 288 g/mol. The first-order valence-corrected chi connectivity index (χ1v) is 7.58. The van der Waals surface area contributed by atoms with Gasteiger partial charge in [-0.15, -0.1) is 0 Å². The molecule has 0 spiro atoms. The molecule has 0 aromatic carbocycles. The van der Waals surface area contributed by atoms with Crippen molar-refractivity contribution in [3.63, 3.8) is 0 Å². The second-order valence-electron chi connectivity index (χ2n) is 5.83. The van der Waals surface area contributed by atoms with Gasteiger partial charge in [0.2, 0.25) is 12.3 Å². The van der Waals surface area contributed by atoms with E-state index in [-0.39, 0.29) is 24.9 Å². The Morgan fingerprint density at radius 3 is 2.41 bits per heavy atom. The van der Waals surface area contributed by atoms with Crippen molar-refractivity contribution in [1.82, 2.24) is 10.6 Å². The quantitative estimate of drug-likeness (QED) is 0.315. The molecule has 128 valence electrons. The van der Waals surface area contributed by atoms with Gasteiger partial charge in [0.25, 0.3) is 0 Å². The Bertz CT molecular complexity index is 339. The molecule has 0 aliphatic rings. The van der Waals surface area contributed by atoms with Crippen LogP contribution in [-0.2, 0) is 23.9 Å². The SMILES string of the molecule is CC(C)(C)OC(=O)CCOCCNC(=O)CCCCNC=O. The monoisotopic (exact) mass is 316 g/mol. The Morgan fingerprint density at radius 2 is 1.77 bits per heavy atom. The topological polar surface area (TPSA) is 93.7 Å². The Hall–Kier alpha value is -1.63. The van der Waals surface area contributed by atoms with Crippen LogP contribution in [0.5, 0.6) is 0 Å². The number of carbonyl (C=O) groups excluding carboxylic acids is 3. The van der Waals surface area contributed by atoms with Crippen molar-refractivity contribution in [2.75, 3.05) is 26.3 Å². The van der Waals surface area contributed by atoms with E-state index in [1.54, 1.807) is 0 Å². The van der Waals surface area contributed by atoms with Crippen molar-refractivity contribution in [1.29, 1.82) is 0 Å². The van der Waals surface area contributed by atoms with E-state index in [0.717, 1.165) is 12.8 Å². The molecule has 0 heterocycles. The molecule has 0 aromatic heterocycles. The minimum absolute atomic E-state index is 0.0400. The zero-order valence-electron chi connectivity index (χ0n) is 13.8. The fourth-order valence-corrected chi connectivity index (χ4v) is 1.57. The number of hydrogen-bond donors (Lipinski definition) is 2. The normalized spacial score (nSPS) is 10.9. The number of hydrogen-bond acceptors (Lipinski definition) is 5. The molecule has 0 saturated carbocycles. The molecule has 0 bridgehead atoms. The Kier molecular flexibility index (Phi) is 11.1. The summed E-state index contributed by atoms with van der Waals surface area (Å²) >= 11 is 0. The first kappa shape index (κ1) is 20.4. The van der Waals surface area contributed by atoms with Gasteiger partial charge >= 0.3 is 5.97 Å². The number of amides is 2. The lowest BCUT2D eigenvalue weighted by atomic mass is 10.2. The van der Waals surface area contributed by atoms with Crippen LogP contribution in [0.4, 0.5) is 0 Å². The highest BCUT2D eigenvalue weighted by Crippen LogP contribution is 2.07. The molecule has 0 atom stereocenters. The van der Waals surface area contributed by atoms with Crippen molar-refractivity contribution in [3.05, 3.63) is 0 Å². The van der Waals surface area contributed by atoms with Gasteiger partial charge < -0.3 is 20.1 Å². The molecule has 0 saturated heterocycles. The van der Waals surface area contributed by atoms with E-state index in [1.165, 1.54) is 0 Å². The van der Waals surface area contributed by atoms with Crippen molar-refractivity contribution in [2.45, 2.75) is 52.1 Å². The van der Waals surface area contributed by atoms with Crippen LogP contribution in [0.3, 0.4) is 0 Å². The maximum absolute atomic E-state index is 11.4. The maximum atomic E-state index is 11.4. The van der Waals surface area contributed by atoms with Gasteiger partial charge in [0, 0.05) is 19.5 Å². The number of unbranched alkanes of at least 4 members (excludes halogenated alkanes) is 1. The number of esters is 1. The molecule has 0 aliphatic heterocycles. The second-order valence-corrected chi connectivity index (χ2v) is 5.83. The second kappa shape index (κ2) is 12.0. The van der Waals surface area contributed by atoms with Gasteiger partial charge in [-0.25, -0.2) is 0 Å². The highest BCUT2D eigenvalue weighted by Gasteiger charge is 2.15. The molecule has 7 nitrogen and oxygen atoms in total. The molecule has 0 aliphatic carbocycles. The van der Waals surface area contributed by atoms with Gasteiger partial charge in [0.05, 0.1) is 19.6 Å². The van der Waals surface area contributed by atoms with E-state index in [4.69, 9.17) is 9.47 Å². The Balaban J connectivity index is 3.40. The first-order chi connectivity index (χ1) is 10.3. The van der Waals surface area contributed by atoms with E-state index >= 15 is 0 Å². The third-order valence-electron chi connectivity index (χ3n) is 2.50. The third kappa shape index (κ3) is 14.8. The van der Waals surface area contributed by atoms with E-state index in [1.807, 2.05) is 20.8 Å². The van der Waals surface area contributed by atoms with Crippen molar-refractivity contribution < 1.29 is 23.9 Å². The fourth-order valence-electron chi connectivity index (χ4n) is 1.57. The van der Waals surface area contributed by atoms with Gasteiger partial charge in [-0.1, -0.05) is 0 Å². The van der Waals surface area contributed by atoms with E-state index in [0.29, 0.717) is 32.5 Å². The average molecular weight is 316 g/mol. The predicted molar refractivity (Wildman–Crippen MR) is 82.2 cm³/mol. The van der Waals surface area contributed by atoms with Crippen LogP contribution in [0.15, 0.2) is 0 Å². The van der Waals surface area contributed by atoms with E-state index in [2.05, 4.69) is 10.6 Å². The lowest BCUT2D eigenvalue weighted by Crippen LogP contribution is -2.28. The van der Waals surface area contributed by atoms with Gasteiger partial charge in [-0.3, -0.25) is 14.4 Å². The highest BCUT2D eigenvalue weighted by molar-refractivity contribution is 5.75. The maximum Gasteiger partial charge on any atom is 0.308 e. The smallest absolute Gasteiger partial charge is 0.308 e. The van der Waals surface area contributed by atoms with Crippen LogP contribution < -0.4 is 10.6 Å². The Morgan fingerprint density at radius 1 is 1.05 bits per heavy atom. The molecule has 2 amide bonds. The summed E-state index contributed by atoms with van der Waals surface area (Å²) in [5, 5.41) is 5.27. The summed E-state index contributed by atoms with van der Waals surface area (Å²) in [6.07, 6.45) is 2.78. The summed E-state index contributed by atoms with van der Waals surface area (Å²) in [5.41, 5.74) is -0.480. The van der Waals surface area contributed by atoms with Crippen LogP contribution in [0.1, 0.15) is 46.5 Å². The minimum atomic E-state index is -0.480. The molecule has 0 fully saturated rings. The van der Waals surface area contributed by atoms with Crippen LogP contribution in [-0.4, -0.2) is 50.2 Å². The average Bonchev–Trinajstić information content (AvgIpc) is 2.40. The molecular formula is C15H28N2O5. The number of rotatable bonds is 12. The van der Waals surface area contributed by atoms with Gasteiger partial charge in [-0.05, 0) is 33.6 Å². The molecule has 0 aromatic rings. The number of ether oxygens (including phenoxy) is 2. The van der Waals surface area contributed by atoms with E-state index < -0.39 is 5.60 Å².